The van der Waals surface area contributed by atoms with Gasteiger partial charge in [-0.05, 0) is 30.5 Å². The van der Waals surface area contributed by atoms with E-state index in [1.807, 2.05) is 49.4 Å². The number of halogens is 1. The van der Waals surface area contributed by atoms with Crippen molar-refractivity contribution in [3.8, 4) is 0 Å². The third kappa shape index (κ3) is 1.57. The topological polar surface area (TPSA) is 39.2 Å². The van der Waals surface area contributed by atoms with E-state index in [0.717, 1.165) is 32.3 Å². The molecule has 2 nitrogen and oxygen atoms in total. The van der Waals surface area contributed by atoms with Gasteiger partial charge >= 0.3 is 0 Å². The van der Waals surface area contributed by atoms with Crippen LogP contribution >= 0.6 is 11.6 Å². The highest BCUT2D eigenvalue weighted by Gasteiger charge is 2.11. The van der Waals surface area contributed by atoms with Gasteiger partial charge in [-0.1, -0.05) is 35.9 Å². The van der Waals surface area contributed by atoms with Crippen molar-refractivity contribution in [2.45, 2.75) is 6.92 Å². The highest BCUT2D eigenvalue weighted by molar-refractivity contribution is 6.35. The van der Waals surface area contributed by atoms with Crippen molar-refractivity contribution in [1.29, 1.82) is 0 Å². The predicted molar refractivity (Wildman–Crippen MR) is 77.9 cm³/mol. The Kier molecular flexibility index (Phi) is 2.53. The molecule has 0 bridgehead atoms. The molecule has 3 aromatic rings. The van der Waals surface area contributed by atoms with Crippen LogP contribution in [-0.4, -0.2) is 0 Å². The van der Waals surface area contributed by atoms with Crippen LogP contribution in [0.5, 0.6) is 0 Å². The van der Waals surface area contributed by atoms with Crippen LogP contribution in [0.25, 0.3) is 27.8 Å². The van der Waals surface area contributed by atoms with Crippen LogP contribution in [0.2, 0.25) is 5.02 Å². The second-order valence-electron chi connectivity index (χ2n) is 4.19. The zero-order chi connectivity index (χ0) is 12.7. The molecule has 0 aliphatic carbocycles. The van der Waals surface area contributed by atoms with E-state index in [-0.39, 0.29) is 0 Å². The summed E-state index contributed by atoms with van der Waals surface area (Å²) in [6.07, 6.45) is 3.89. The van der Waals surface area contributed by atoms with Gasteiger partial charge in [-0.15, -0.1) is 0 Å². The normalized spacial score (nSPS) is 11.9. The van der Waals surface area contributed by atoms with Crippen molar-refractivity contribution in [3.63, 3.8) is 0 Å². The first-order valence-corrected chi connectivity index (χ1v) is 6.11. The van der Waals surface area contributed by atoms with Crippen LogP contribution in [0.3, 0.4) is 0 Å². The first-order valence-electron chi connectivity index (χ1n) is 5.73. The molecule has 3 heteroatoms. The summed E-state index contributed by atoms with van der Waals surface area (Å²) in [7, 11) is 0. The van der Waals surface area contributed by atoms with Crippen LogP contribution in [-0.2, 0) is 0 Å². The maximum absolute atomic E-state index is 6.21. The van der Waals surface area contributed by atoms with Gasteiger partial charge in [-0.25, -0.2) is 0 Å². The minimum atomic E-state index is 0.439. The van der Waals surface area contributed by atoms with E-state index in [9.17, 15) is 0 Å². The summed E-state index contributed by atoms with van der Waals surface area (Å²) in [4.78, 5) is 0. The molecular weight excluding hydrogens is 246 g/mol. The highest BCUT2D eigenvalue weighted by Crippen LogP contribution is 2.34. The lowest BCUT2D eigenvalue weighted by atomic mass is 10.1. The van der Waals surface area contributed by atoms with Gasteiger partial charge in [0.15, 0.2) is 5.88 Å². The molecular formula is C15H12ClNO. The van der Waals surface area contributed by atoms with Crippen LogP contribution in [0.4, 0.5) is 5.88 Å². The minimum absolute atomic E-state index is 0.439. The zero-order valence-corrected chi connectivity index (χ0v) is 10.7. The molecule has 18 heavy (non-hydrogen) atoms. The molecule has 1 heterocycles. The lowest BCUT2D eigenvalue weighted by Gasteiger charge is -2.00. The van der Waals surface area contributed by atoms with Crippen molar-refractivity contribution in [2.24, 2.45) is 0 Å². The third-order valence-electron chi connectivity index (χ3n) is 3.04. The number of hydrogen-bond donors (Lipinski definition) is 1. The molecule has 1 aromatic heterocycles. The number of nitrogen functional groups attached to an aromatic ring is 1. The van der Waals surface area contributed by atoms with Crippen molar-refractivity contribution in [3.05, 3.63) is 47.0 Å². The predicted octanol–water partition coefficient (Wildman–Crippen LogP) is 4.85. The first kappa shape index (κ1) is 11.2. The molecule has 0 fully saturated rings. The lowest BCUT2D eigenvalue weighted by Crippen LogP contribution is -1.82. The van der Waals surface area contributed by atoms with Gasteiger partial charge in [0.05, 0.1) is 0 Å². The fourth-order valence-corrected chi connectivity index (χ4v) is 2.44. The summed E-state index contributed by atoms with van der Waals surface area (Å²) in [6.45, 7) is 1.95. The van der Waals surface area contributed by atoms with Gasteiger partial charge in [0.1, 0.15) is 5.58 Å². The first-order chi connectivity index (χ1) is 8.70. The maximum Gasteiger partial charge on any atom is 0.198 e. The van der Waals surface area contributed by atoms with E-state index in [1.54, 1.807) is 0 Å². The molecule has 3 rings (SSSR count). The number of rotatable bonds is 1. The average molecular weight is 258 g/mol. The molecule has 0 amide bonds. The maximum atomic E-state index is 6.21. The van der Waals surface area contributed by atoms with Gasteiger partial charge < -0.3 is 10.2 Å². The van der Waals surface area contributed by atoms with E-state index in [1.165, 1.54) is 0 Å². The SMILES string of the molecule is C/C=C\c1c(N)oc2cc3cccc(Cl)c3cc12. The van der Waals surface area contributed by atoms with E-state index < -0.39 is 0 Å². The summed E-state index contributed by atoms with van der Waals surface area (Å²) in [5.74, 6) is 0.439. The molecule has 90 valence electrons. The van der Waals surface area contributed by atoms with Crippen molar-refractivity contribution in [2.75, 3.05) is 5.73 Å². The van der Waals surface area contributed by atoms with E-state index in [0.29, 0.717) is 5.88 Å². The quantitative estimate of drug-likeness (QED) is 0.676. The van der Waals surface area contributed by atoms with Gasteiger partial charge in [0.2, 0.25) is 0 Å². The van der Waals surface area contributed by atoms with Crippen LogP contribution < -0.4 is 5.73 Å². The fraction of sp³-hybridized carbons (Fsp3) is 0.0667. The largest absolute Gasteiger partial charge is 0.440 e. The number of fused-ring (bicyclic) bond motifs is 2. The van der Waals surface area contributed by atoms with Crippen LogP contribution in [0.15, 0.2) is 40.8 Å². The molecule has 0 aliphatic heterocycles. The average Bonchev–Trinajstić information content (AvgIpc) is 2.64. The minimum Gasteiger partial charge on any atom is -0.440 e. The molecule has 0 unspecified atom stereocenters. The van der Waals surface area contributed by atoms with Gasteiger partial charge in [-0.3, -0.25) is 0 Å². The number of hydrogen-bond acceptors (Lipinski definition) is 2. The highest BCUT2D eigenvalue weighted by atomic mass is 35.5. The summed E-state index contributed by atoms with van der Waals surface area (Å²) >= 11 is 6.21. The second-order valence-corrected chi connectivity index (χ2v) is 4.60. The van der Waals surface area contributed by atoms with Gasteiger partial charge in [0, 0.05) is 21.4 Å². The Morgan fingerprint density at radius 2 is 2.06 bits per heavy atom. The Bertz CT molecular complexity index is 771. The number of nitrogens with two attached hydrogens (primary N) is 1. The lowest BCUT2D eigenvalue weighted by molar-refractivity contribution is 0.637. The Hall–Kier alpha value is -1.93. The van der Waals surface area contributed by atoms with Crippen LogP contribution in [0, 0.1) is 0 Å². The second kappa shape index (κ2) is 4.07. The van der Waals surface area contributed by atoms with E-state index in [2.05, 4.69) is 0 Å². The van der Waals surface area contributed by atoms with Gasteiger partial charge in [0.25, 0.3) is 0 Å². The Balaban J connectivity index is 2.46. The third-order valence-corrected chi connectivity index (χ3v) is 3.37. The molecule has 0 radical (unpaired) electrons. The zero-order valence-electron chi connectivity index (χ0n) is 9.91. The molecule has 2 aromatic carbocycles. The molecule has 0 saturated heterocycles. The molecule has 2 N–H and O–H groups in total. The molecule has 0 atom stereocenters. The molecule has 0 spiro atoms. The Morgan fingerprint density at radius 3 is 2.83 bits per heavy atom. The standard InChI is InChI=1S/C15H12ClNO/c1-2-4-10-12-8-11-9(5-3-6-13(11)16)7-14(12)18-15(10)17/h2-8H,17H2,1H3/b4-2-. The van der Waals surface area contributed by atoms with Gasteiger partial charge in [-0.2, -0.15) is 0 Å². The summed E-state index contributed by atoms with van der Waals surface area (Å²) in [5, 5.41) is 3.79. The van der Waals surface area contributed by atoms with Crippen molar-refractivity contribution >= 4 is 45.3 Å². The number of anilines is 1. The molecule has 0 saturated carbocycles. The number of allylic oxidation sites excluding steroid dienone is 1. The van der Waals surface area contributed by atoms with Crippen molar-refractivity contribution in [1.82, 2.24) is 0 Å². The van der Waals surface area contributed by atoms with Crippen LogP contribution in [0.1, 0.15) is 12.5 Å². The van der Waals surface area contributed by atoms with E-state index >= 15 is 0 Å². The Morgan fingerprint density at radius 1 is 1.22 bits per heavy atom. The number of furan rings is 1. The fourth-order valence-electron chi connectivity index (χ4n) is 2.21. The summed E-state index contributed by atoms with van der Waals surface area (Å²) in [6, 6.07) is 9.82. The number of benzene rings is 2. The summed E-state index contributed by atoms with van der Waals surface area (Å²) in [5.41, 5.74) is 7.59. The van der Waals surface area contributed by atoms with E-state index in [4.69, 9.17) is 21.8 Å². The van der Waals surface area contributed by atoms with Crippen molar-refractivity contribution < 1.29 is 4.42 Å². The summed E-state index contributed by atoms with van der Waals surface area (Å²) < 4.78 is 5.58. The Labute approximate surface area is 110 Å². The monoisotopic (exact) mass is 257 g/mol. The smallest absolute Gasteiger partial charge is 0.198 e. The molecule has 0 aliphatic rings.